The molecule has 1 saturated heterocycles. The molecule has 1 heterocycles. The Hall–Kier alpha value is -1.03. The molecule has 0 radical (unpaired) electrons. The number of benzene rings is 1. The molecule has 2 rings (SSSR count). The minimum absolute atomic E-state index is 0.0295. The summed E-state index contributed by atoms with van der Waals surface area (Å²) in [6.07, 6.45) is 0. The zero-order valence-electron chi connectivity index (χ0n) is 7.71. The molecule has 1 atom stereocenters. The standard InChI is InChI=1S/C10H10FNOS/c1-10(12-9(13)6-14-10)7-2-4-8(11)5-3-7/h2-5H,6H2,1H3,(H,12,13). The van der Waals surface area contributed by atoms with Gasteiger partial charge in [-0.2, -0.15) is 0 Å². The van der Waals surface area contributed by atoms with Gasteiger partial charge in [0.15, 0.2) is 0 Å². The molecule has 0 bridgehead atoms. The predicted molar refractivity (Wildman–Crippen MR) is 54.4 cm³/mol. The molecule has 1 aliphatic heterocycles. The van der Waals surface area contributed by atoms with Gasteiger partial charge in [0.25, 0.3) is 0 Å². The molecule has 0 spiro atoms. The molecule has 4 heteroatoms. The zero-order valence-corrected chi connectivity index (χ0v) is 8.53. The van der Waals surface area contributed by atoms with Gasteiger partial charge in [-0.1, -0.05) is 12.1 Å². The first-order valence-electron chi connectivity index (χ1n) is 4.31. The molecule has 1 amide bonds. The number of hydrogen-bond acceptors (Lipinski definition) is 2. The number of carbonyl (C=O) groups is 1. The van der Waals surface area contributed by atoms with Crippen LogP contribution in [-0.2, 0) is 9.67 Å². The number of carbonyl (C=O) groups excluding carboxylic acids is 1. The Morgan fingerprint density at radius 1 is 1.43 bits per heavy atom. The SMILES string of the molecule is CC1(c2ccc(F)cc2)NC(=O)CS1. The van der Waals surface area contributed by atoms with Gasteiger partial charge in [0.2, 0.25) is 5.91 Å². The Balaban J connectivity index is 2.30. The third kappa shape index (κ3) is 1.62. The maximum absolute atomic E-state index is 12.7. The lowest BCUT2D eigenvalue weighted by Crippen LogP contribution is -2.33. The summed E-state index contributed by atoms with van der Waals surface area (Å²) in [5.41, 5.74) is 0.926. The monoisotopic (exact) mass is 211 g/mol. The second kappa shape index (κ2) is 3.28. The number of thioether (sulfide) groups is 1. The van der Waals surface area contributed by atoms with E-state index in [-0.39, 0.29) is 11.7 Å². The second-order valence-electron chi connectivity index (χ2n) is 3.38. The van der Waals surface area contributed by atoms with Crippen LogP contribution in [0.1, 0.15) is 12.5 Å². The van der Waals surface area contributed by atoms with Gasteiger partial charge in [0.05, 0.1) is 5.75 Å². The molecule has 0 aromatic heterocycles. The second-order valence-corrected chi connectivity index (χ2v) is 4.77. The van der Waals surface area contributed by atoms with Crippen LogP contribution in [0.3, 0.4) is 0 Å². The van der Waals surface area contributed by atoms with Crippen LogP contribution >= 0.6 is 11.8 Å². The van der Waals surface area contributed by atoms with Crippen molar-refractivity contribution in [2.24, 2.45) is 0 Å². The summed E-state index contributed by atoms with van der Waals surface area (Å²) in [4.78, 5) is 10.7. The molecule has 1 aromatic carbocycles. The number of rotatable bonds is 1. The van der Waals surface area contributed by atoms with Crippen LogP contribution in [0.5, 0.6) is 0 Å². The van der Waals surface area contributed by atoms with Gasteiger partial charge >= 0.3 is 0 Å². The Morgan fingerprint density at radius 3 is 2.57 bits per heavy atom. The molecule has 0 saturated carbocycles. The molecule has 0 aliphatic carbocycles. The van der Waals surface area contributed by atoms with Crippen molar-refractivity contribution in [3.63, 3.8) is 0 Å². The number of halogens is 1. The predicted octanol–water partition coefficient (Wildman–Crippen LogP) is 1.86. The molecule has 1 aromatic rings. The topological polar surface area (TPSA) is 29.1 Å². The summed E-state index contributed by atoms with van der Waals surface area (Å²) in [5, 5.41) is 2.87. The average molecular weight is 211 g/mol. The third-order valence-electron chi connectivity index (χ3n) is 2.26. The van der Waals surface area contributed by atoms with Crippen molar-refractivity contribution in [1.29, 1.82) is 0 Å². The Kier molecular flexibility index (Phi) is 2.23. The zero-order chi connectivity index (χ0) is 10.2. The van der Waals surface area contributed by atoms with Crippen LogP contribution in [0, 0.1) is 5.82 Å². The van der Waals surface area contributed by atoms with Crippen LogP contribution in [0.4, 0.5) is 4.39 Å². The lowest BCUT2D eigenvalue weighted by Gasteiger charge is -2.23. The van der Waals surface area contributed by atoms with Crippen LogP contribution < -0.4 is 5.32 Å². The molecule has 14 heavy (non-hydrogen) atoms. The van der Waals surface area contributed by atoms with Crippen LogP contribution in [0.15, 0.2) is 24.3 Å². The highest BCUT2D eigenvalue weighted by molar-refractivity contribution is 8.01. The molecule has 1 aliphatic rings. The van der Waals surface area contributed by atoms with Crippen molar-refractivity contribution < 1.29 is 9.18 Å². The summed E-state index contributed by atoms with van der Waals surface area (Å²) < 4.78 is 12.7. The van der Waals surface area contributed by atoms with Gasteiger partial charge < -0.3 is 5.32 Å². The molecular weight excluding hydrogens is 201 g/mol. The fourth-order valence-electron chi connectivity index (χ4n) is 1.47. The normalized spacial score (nSPS) is 26.3. The van der Waals surface area contributed by atoms with E-state index in [0.29, 0.717) is 5.75 Å². The van der Waals surface area contributed by atoms with E-state index in [4.69, 9.17) is 0 Å². The summed E-state index contributed by atoms with van der Waals surface area (Å²) in [6, 6.07) is 6.22. The quantitative estimate of drug-likeness (QED) is 0.768. The summed E-state index contributed by atoms with van der Waals surface area (Å²) in [6.45, 7) is 1.93. The fraction of sp³-hybridized carbons (Fsp3) is 0.300. The van der Waals surface area contributed by atoms with Gasteiger partial charge in [0.1, 0.15) is 10.7 Å². The van der Waals surface area contributed by atoms with Crippen molar-refractivity contribution in [2.45, 2.75) is 11.8 Å². The first-order valence-corrected chi connectivity index (χ1v) is 5.30. The minimum Gasteiger partial charge on any atom is -0.337 e. The first-order chi connectivity index (χ1) is 6.60. The summed E-state index contributed by atoms with van der Waals surface area (Å²) in [7, 11) is 0. The highest BCUT2D eigenvalue weighted by Crippen LogP contribution is 2.37. The van der Waals surface area contributed by atoms with Crippen LogP contribution in [0.2, 0.25) is 0 Å². The van der Waals surface area contributed by atoms with E-state index in [1.54, 1.807) is 12.1 Å². The maximum Gasteiger partial charge on any atom is 0.231 e. The van der Waals surface area contributed by atoms with Crippen molar-refractivity contribution in [3.05, 3.63) is 35.6 Å². The van der Waals surface area contributed by atoms with E-state index in [1.165, 1.54) is 23.9 Å². The van der Waals surface area contributed by atoms with Crippen molar-refractivity contribution >= 4 is 17.7 Å². The number of nitrogens with one attached hydrogen (secondary N) is 1. The maximum atomic E-state index is 12.7. The molecule has 1 unspecified atom stereocenters. The molecule has 1 N–H and O–H groups in total. The van der Waals surface area contributed by atoms with Gasteiger partial charge in [-0.05, 0) is 24.6 Å². The molecule has 74 valence electrons. The summed E-state index contributed by atoms with van der Waals surface area (Å²) in [5.74, 6) is 0.238. The Bertz CT molecular complexity index is 365. The van der Waals surface area contributed by atoms with Crippen molar-refractivity contribution in [1.82, 2.24) is 5.32 Å². The fourth-order valence-corrected chi connectivity index (χ4v) is 2.45. The summed E-state index contributed by atoms with van der Waals surface area (Å²) >= 11 is 1.53. The third-order valence-corrected chi connectivity index (χ3v) is 3.59. The van der Waals surface area contributed by atoms with Gasteiger partial charge in [-0.15, -0.1) is 11.8 Å². The van der Waals surface area contributed by atoms with Crippen LogP contribution in [-0.4, -0.2) is 11.7 Å². The lowest BCUT2D eigenvalue weighted by atomic mass is 10.1. The van der Waals surface area contributed by atoms with E-state index in [1.807, 2.05) is 6.92 Å². The van der Waals surface area contributed by atoms with Crippen molar-refractivity contribution in [2.75, 3.05) is 5.75 Å². The van der Waals surface area contributed by atoms with E-state index in [0.717, 1.165) is 5.56 Å². The molecular formula is C10H10FNOS. The molecule has 2 nitrogen and oxygen atoms in total. The Labute approximate surface area is 85.9 Å². The smallest absolute Gasteiger partial charge is 0.231 e. The highest BCUT2D eigenvalue weighted by atomic mass is 32.2. The van der Waals surface area contributed by atoms with Gasteiger partial charge in [0, 0.05) is 0 Å². The number of hydrogen-bond donors (Lipinski definition) is 1. The minimum atomic E-state index is -0.398. The van der Waals surface area contributed by atoms with Crippen LogP contribution in [0.25, 0.3) is 0 Å². The Morgan fingerprint density at radius 2 is 2.07 bits per heavy atom. The van der Waals surface area contributed by atoms with E-state index in [2.05, 4.69) is 5.32 Å². The van der Waals surface area contributed by atoms with Gasteiger partial charge in [-0.25, -0.2) is 4.39 Å². The average Bonchev–Trinajstić information content (AvgIpc) is 2.48. The first kappa shape index (κ1) is 9.52. The molecule has 1 fully saturated rings. The lowest BCUT2D eigenvalue weighted by molar-refractivity contribution is -0.118. The number of amides is 1. The van der Waals surface area contributed by atoms with E-state index in [9.17, 15) is 9.18 Å². The highest BCUT2D eigenvalue weighted by Gasteiger charge is 2.35. The van der Waals surface area contributed by atoms with Gasteiger partial charge in [-0.3, -0.25) is 4.79 Å². The largest absolute Gasteiger partial charge is 0.337 e. The van der Waals surface area contributed by atoms with Crippen molar-refractivity contribution in [3.8, 4) is 0 Å². The van der Waals surface area contributed by atoms with E-state index < -0.39 is 4.87 Å². The van der Waals surface area contributed by atoms with E-state index >= 15 is 0 Å².